The Morgan fingerprint density at radius 2 is 1.89 bits per heavy atom. The molecule has 3 aliphatic carbocycles. The number of Topliss-reactive ketones (excluding diaryl/α,β-unsaturated/α-hetero) is 2. The normalized spacial score (nSPS) is 32.0. The maximum absolute atomic E-state index is 13.3. The average molecular weight is 385 g/mol. The van der Waals surface area contributed by atoms with Crippen molar-refractivity contribution in [2.75, 3.05) is 0 Å². The first-order valence-corrected chi connectivity index (χ1v) is 8.81. The van der Waals surface area contributed by atoms with E-state index in [9.17, 15) is 34.8 Å². The highest BCUT2D eigenvalue weighted by atomic mass is 16.3. The Bertz CT molecular complexity index is 1040. The third-order valence-electron chi connectivity index (χ3n) is 6.20. The van der Waals surface area contributed by atoms with Gasteiger partial charge in [-0.3, -0.25) is 14.4 Å². The van der Waals surface area contributed by atoms with Crippen molar-refractivity contribution in [3.8, 4) is 5.75 Å². The Hall–Kier alpha value is -3.13. The van der Waals surface area contributed by atoms with Crippen molar-refractivity contribution in [1.82, 2.24) is 0 Å². The molecule has 0 spiro atoms. The number of carbonyl (C=O) groups excluding carboxylic acids is 3. The van der Waals surface area contributed by atoms with Crippen molar-refractivity contribution in [2.24, 2.45) is 17.1 Å². The van der Waals surface area contributed by atoms with E-state index in [0.29, 0.717) is 5.56 Å². The summed E-state index contributed by atoms with van der Waals surface area (Å²) in [6.45, 7) is 1.72. The fourth-order valence-electron chi connectivity index (χ4n) is 4.97. The molecule has 0 aliphatic heterocycles. The van der Waals surface area contributed by atoms with Crippen molar-refractivity contribution >= 4 is 23.2 Å². The molecule has 8 nitrogen and oxygen atoms in total. The lowest BCUT2D eigenvalue weighted by Crippen LogP contribution is -2.60. The molecule has 0 bridgehead atoms. The highest BCUT2D eigenvalue weighted by Crippen LogP contribution is 2.57. The van der Waals surface area contributed by atoms with Gasteiger partial charge in [0.1, 0.15) is 22.8 Å². The Balaban J connectivity index is 1.99. The van der Waals surface area contributed by atoms with Crippen LogP contribution in [0.3, 0.4) is 0 Å². The van der Waals surface area contributed by atoms with Crippen LogP contribution in [0.4, 0.5) is 0 Å². The van der Waals surface area contributed by atoms with E-state index in [4.69, 9.17) is 5.73 Å². The van der Waals surface area contributed by atoms with Gasteiger partial charge >= 0.3 is 0 Å². The topological polar surface area (TPSA) is 158 Å². The number of hydrogen-bond donors (Lipinski definition) is 5. The number of aliphatic hydroxyl groups excluding tert-OH is 2. The standard InChI is InChI=1S/C20H19NO7/c1-19-6-8-3-2-4-10(22)12(8)15(24)14(19)17(26)20(28)9(7-19)5-11(23)13(16(20)25)18(21)27/h2-4,9,22,24-25,28H,5-7H2,1H3,(H2,21,27)/t9-,19+,20-/m1/s1. The highest BCUT2D eigenvalue weighted by Gasteiger charge is 2.63. The van der Waals surface area contributed by atoms with Crippen LogP contribution < -0.4 is 5.73 Å². The fraction of sp³-hybridized carbons (Fsp3) is 0.350. The zero-order valence-electron chi connectivity index (χ0n) is 15.0. The van der Waals surface area contributed by atoms with E-state index in [-0.39, 0.29) is 36.1 Å². The number of hydrogen-bond acceptors (Lipinski definition) is 7. The van der Waals surface area contributed by atoms with Crippen LogP contribution in [0.5, 0.6) is 5.75 Å². The second kappa shape index (κ2) is 5.45. The molecule has 0 radical (unpaired) electrons. The molecule has 0 saturated heterocycles. The first-order chi connectivity index (χ1) is 13.0. The molecule has 1 saturated carbocycles. The van der Waals surface area contributed by atoms with Crippen molar-refractivity contribution in [2.45, 2.75) is 31.8 Å². The summed E-state index contributed by atoms with van der Waals surface area (Å²) in [6, 6.07) is 4.70. The van der Waals surface area contributed by atoms with E-state index in [1.165, 1.54) is 6.07 Å². The molecule has 1 aromatic rings. The number of fused-ring (bicyclic) bond motifs is 3. The van der Waals surface area contributed by atoms with E-state index < -0.39 is 51.5 Å². The third-order valence-corrected chi connectivity index (χ3v) is 6.20. The van der Waals surface area contributed by atoms with Crippen molar-refractivity contribution in [3.63, 3.8) is 0 Å². The van der Waals surface area contributed by atoms with Gasteiger partial charge in [-0.25, -0.2) is 0 Å². The lowest BCUT2D eigenvalue weighted by molar-refractivity contribution is -0.150. The van der Waals surface area contributed by atoms with Crippen LogP contribution in [0.2, 0.25) is 0 Å². The second-order valence-corrected chi connectivity index (χ2v) is 7.98. The van der Waals surface area contributed by atoms with Crippen LogP contribution in [-0.4, -0.2) is 43.5 Å². The molecule has 3 atom stereocenters. The number of ketones is 2. The van der Waals surface area contributed by atoms with Gasteiger partial charge in [0, 0.05) is 23.3 Å². The molecule has 1 aromatic carbocycles. The summed E-state index contributed by atoms with van der Waals surface area (Å²) in [6.07, 6.45) is 0.0580. The zero-order valence-corrected chi connectivity index (χ0v) is 15.0. The quantitative estimate of drug-likeness (QED) is 0.448. The summed E-state index contributed by atoms with van der Waals surface area (Å²) >= 11 is 0. The van der Waals surface area contributed by atoms with Crippen molar-refractivity contribution in [3.05, 3.63) is 46.2 Å². The maximum atomic E-state index is 13.3. The molecule has 0 unspecified atom stereocenters. The summed E-state index contributed by atoms with van der Waals surface area (Å²) in [7, 11) is 0. The molecular formula is C20H19NO7. The van der Waals surface area contributed by atoms with Crippen LogP contribution in [0, 0.1) is 11.3 Å². The fourth-order valence-corrected chi connectivity index (χ4v) is 4.97. The minimum Gasteiger partial charge on any atom is -0.508 e. The molecule has 1 amide bonds. The van der Waals surface area contributed by atoms with Gasteiger partial charge < -0.3 is 26.2 Å². The Morgan fingerprint density at radius 3 is 2.54 bits per heavy atom. The van der Waals surface area contributed by atoms with Crippen LogP contribution in [-0.2, 0) is 20.8 Å². The molecule has 1 fully saturated rings. The Kier molecular flexibility index (Phi) is 3.55. The van der Waals surface area contributed by atoms with Gasteiger partial charge in [0.25, 0.3) is 5.91 Å². The number of benzene rings is 1. The van der Waals surface area contributed by atoms with E-state index in [2.05, 4.69) is 0 Å². The van der Waals surface area contributed by atoms with E-state index in [1.807, 2.05) is 0 Å². The first-order valence-electron chi connectivity index (χ1n) is 8.81. The van der Waals surface area contributed by atoms with Gasteiger partial charge in [-0.1, -0.05) is 19.1 Å². The Labute approximate surface area is 159 Å². The van der Waals surface area contributed by atoms with E-state index in [0.717, 1.165) is 0 Å². The lowest BCUT2D eigenvalue weighted by Gasteiger charge is -2.50. The summed E-state index contributed by atoms with van der Waals surface area (Å²) in [4.78, 5) is 37.2. The molecule has 146 valence electrons. The summed E-state index contributed by atoms with van der Waals surface area (Å²) < 4.78 is 0. The number of phenols is 1. The predicted molar refractivity (Wildman–Crippen MR) is 96.0 cm³/mol. The maximum Gasteiger partial charge on any atom is 0.255 e. The van der Waals surface area contributed by atoms with Gasteiger partial charge in [-0.15, -0.1) is 0 Å². The number of primary amides is 1. The molecule has 6 N–H and O–H groups in total. The largest absolute Gasteiger partial charge is 0.508 e. The second-order valence-electron chi connectivity index (χ2n) is 7.98. The number of carbonyl (C=O) groups is 3. The van der Waals surface area contributed by atoms with Crippen LogP contribution in [0.25, 0.3) is 5.76 Å². The molecule has 28 heavy (non-hydrogen) atoms. The average Bonchev–Trinajstić information content (AvgIpc) is 2.57. The molecule has 4 rings (SSSR count). The van der Waals surface area contributed by atoms with E-state index >= 15 is 0 Å². The van der Waals surface area contributed by atoms with Gasteiger partial charge in [0.05, 0.1) is 5.56 Å². The monoisotopic (exact) mass is 385 g/mol. The third kappa shape index (κ3) is 2.06. The number of nitrogens with two attached hydrogens (primary N) is 1. The number of amides is 1. The minimum atomic E-state index is -2.54. The van der Waals surface area contributed by atoms with Gasteiger partial charge in [-0.2, -0.15) is 0 Å². The van der Waals surface area contributed by atoms with Gasteiger partial charge in [0.15, 0.2) is 11.4 Å². The van der Waals surface area contributed by atoms with Gasteiger partial charge in [-0.05, 0) is 24.5 Å². The Morgan fingerprint density at radius 1 is 1.21 bits per heavy atom. The molecule has 8 heteroatoms. The van der Waals surface area contributed by atoms with Crippen LogP contribution in [0.1, 0.15) is 30.9 Å². The van der Waals surface area contributed by atoms with Crippen molar-refractivity contribution in [1.29, 1.82) is 0 Å². The van der Waals surface area contributed by atoms with Crippen LogP contribution in [0.15, 0.2) is 35.1 Å². The number of rotatable bonds is 1. The number of phenolic OH excluding ortho intramolecular Hbond substituents is 1. The number of aliphatic hydroxyl groups is 3. The SMILES string of the molecule is C[C@@]12Cc3cccc(O)c3C(O)=C1C(=O)[C@]1(O)C(O)=C(C(N)=O)C(=O)C[C@@H]1C2. The molecule has 0 aromatic heterocycles. The minimum absolute atomic E-state index is 0.0934. The molecular weight excluding hydrogens is 366 g/mol. The predicted octanol–water partition coefficient (Wildman–Crippen LogP) is 0.814. The van der Waals surface area contributed by atoms with Crippen LogP contribution >= 0.6 is 0 Å². The molecule has 0 heterocycles. The summed E-state index contributed by atoms with van der Waals surface area (Å²) in [5, 5.41) is 42.6. The summed E-state index contributed by atoms with van der Waals surface area (Å²) in [5.41, 5.74) is 1.46. The summed E-state index contributed by atoms with van der Waals surface area (Å²) in [5.74, 6) is -5.72. The lowest BCUT2D eigenvalue weighted by atomic mass is 9.53. The first kappa shape index (κ1) is 18.2. The van der Waals surface area contributed by atoms with E-state index in [1.54, 1.807) is 19.1 Å². The van der Waals surface area contributed by atoms with Gasteiger partial charge in [0.2, 0.25) is 5.78 Å². The zero-order chi connectivity index (χ0) is 20.6. The highest BCUT2D eigenvalue weighted by molar-refractivity contribution is 6.22. The van der Waals surface area contributed by atoms with Crippen molar-refractivity contribution < 1.29 is 34.8 Å². The smallest absolute Gasteiger partial charge is 0.255 e. The molecule has 3 aliphatic rings. The number of aromatic hydroxyl groups is 1.